The molecule has 0 aliphatic heterocycles. The van der Waals surface area contributed by atoms with Crippen molar-refractivity contribution < 1.29 is 39.2 Å². The fourth-order valence-corrected chi connectivity index (χ4v) is 3.31. The topological polar surface area (TPSA) is 103 Å². The summed E-state index contributed by atoms with van der Waals surface area (Å²) in [5, 5.41) is 8.10. The van der Waals surface area contributed by atoms with E-state index < -0.39 is 11.7 Å². The van der Waals surface area contributed by atoms with Gasteiger partial charge in [0.15, 0.2) is 0 Å². The number of aromatic nitrogens is 3. The van der Waals surface area contributed by atoms with E-state index in [1.54, 1.807) is 6.29 Å². The third kappa shape index (κ3) is 8.24. The number of aliphatic imine (C=N–C) groups is 1. The van der Waals surface area contributed by atoms with Gasteiger partial charge in [-0.15, -0.1) is 23.0 Å². The standard InChI is InChI=1S/C18H15F3N3O2.C7H5N2S.Ni/c1-23-15(5-6-22)16-8-13(11(10-25)9-24-16)14-7-12(18(19,20)21)3-4-17(14)26-2;1-2-6(1)3-4-7-9-8-5-10-7;/h3-9H,22H2,1-2H3;6H,1-2H2;/q2*-1;+2/b6-5-,23-15?;;. The molecule has 1 aromatic carbocycles. The van der Waals surface area contributed by atoms with Gasteiger partial charge in [0.05, 0.1) is 30.4 Å². The van der Waals surface area contributed by atoms with Crippen LogP contribution in [0, 0.1) is 23.3 Å². The van der Waals surface area contributed by atoms with E-state index in [1.807, 2.05) is 0 Å². The van der Waals surface area contributed by atoms with Crippen molar-refractivity contribution in [2.24, 2.45) is 16.6 Å². The molecule has 4 rings (SSSR count). The average molecular weight is 570 g/mol. The predicted octanol–water partition coefficient (Wildman–Crippen LogP) is 4.22. The minimum Gasteiger partial charge on any atom is -0.497 e. The molecule has 1 aliphatic carbocycles. The molecule has 0 bridgehead atoms. The number of nitrogens with two attached hydrogens (primary N) is 1. The fourth-order valence-electron chi connectivity index (χ4n) is 2.95. The monoisotopic (exact) mass is 569 g/mol. The zero-order valence-electron chi connectivity index (χ0n) is 19.6. The maximum atomic E-state index is 13.1. The van der Waals surface area contributed by atoms with Gasteiger partial charge in [-0.2, -0.15) is 13.2 Å². The molecule has 0 atom stereocenters. The minimum absolute atomic E-state index is 0. The number of ether oxygens (including phenoxy) is 1. The molecule has 0 radical (unpaired) electrons. The SMILES string of the molecule is C(#CC1CC1)c1nn[c-]s1.CN=C(/C=C\N)c1cc(-c2cc(C(F)(F)F)ccc2OC)c([C-]=O)cn1.[Ni+2]. The van der Waals surface area contributed by atoms with E-state index in [0.717, 1.165) is 17.1 Å². The smallest absolute Gasteiger partial charge is 0.497 e. The van der Waals surface area contributed by atoms with Gasteiger partial charge in [-0.25, -0.2) is 5.10 Å². The molecular formula is C25H20F3N5NiO2S. The molecule has 2 N–H and O–H groups in total. The van der Waals surface area contributed by atoms with Gasteiger partial charge in [0, 0.05) is 18.0 Å². The molecule has 1 saturated carbocycles. The Morgan fingerprint density at radius 2 is 2.08 bits per heavy atom. The van der Waals surface area contributed by atoms with E-state index in [0.29, 0.717) is 17.3 Å². The van der Waals surface area contributed by atoms with Gasteiger partial charge in [0.2, 0.25) is 0 Å². The van der Waals surface area contributed by atoms with Crippen LogP contribution in [0.4, 0.5) is 13.2 Å². The number of hydrogen-bond acceptors (Lipinski definition) is 8. The van der Waals surface area contributed by atoms with Crippen LogP contribution in [-0.2, 0) is 27.5 Å². The van der Waals surface area contributed by atoms with Crippen LogP contribution in [0.2, 0.25) is 0 Å². The summed E-state index contributed by atoms with van der Waals surface area (Å²) in [7, 11) is 2.84. The Bertz CT molecular complexity index is 1330. The first kappa shape index (κ1) is 29.7. The average Bonchev–Trinajstić information content (AvgIpc) is 3.57. The molecule has 2 aromatic heterocycles. The summed E-state index contributed by atoms with van der Waals surface area (Å²) >= 11 is 1.37. The second-order valence-electron chi connectivity index (χ2n) is 7.34. The van der Waals surface area contributed by atoms with E-state index in [-0.39, 0.29) is 38.9 Å². The number of methoxy groups -OCH3 is 1. The Balaban J connectivity index is 0.000000363. The summed E-state index contributed by atoms with van der Waals surface area (Å²) < 4.78 is 44.4. The number of pyridine rings is 1. The summed E-state index contributed by atoms with van der Waals surface area (Å²) in [5.74, 6) is 6.87. The van der Waals surface area contributed by atoms with Crippen LogP contribution in [0.1, 0.15) is 34.7 Å². The van der Waals surface area contributed by atoms with Crippen LogP contribution < -0.4 is 10.5 Å². The zero-order valence-corrected chi connectivity index (χ0v) is 21.4. The number of allylic oxidation sites excluding steroid dienone is 1. The van der Waals surface area contributed by atoms with Crippen molar-refractivity contribution in [3.05, 3.63) is 70.1 Å². The second kappa shape index (κ2) is 13.7. The largest absolute Gasteiger partial charge is 2.00 e. The molecule has 37 heavy (non-hydrogen) atoms. The first-order chi connectivity index (χ1) is 17.3. The van der Waals surface area contributed by atoms with E-state index in [2.05, 4.69) is 37.5 Å². The molecular weight excluding hydrogens is 550 g/mol. The summed E-state index contributed by atoms with van der Waals surface area (Å²) in [4.78, 5) is 19.4. The summed E-state index contributed by atoms with van der Waals surface area (Å²) in [6.45, 7) is 0. The van der Waals surface area contributed by atoms with E-state index >= 15 is 0 Å². The fraction of sp³-hybridized carbons (Fsp3) is 0.240. The van der Waals surface area contributed by atoms with Gasteiger partial charge in [0.25, 0.3) is 0 Å². The number of benzene rings is 1. The van der Waals surface area contributed by atoms with Crippen LogP contribution in [0.3, 0.4) is 0 Å². The van der Waals surface area contributed by atoms with Gasteiger partial charge in [-0.1, -0.05) is 23.8 Å². The molecule has 2 heterocycles. The number of carbonyl (C=O) groups excluding carboxylic acids is 1. The molecule has 0 unspecified atom stereocenters. The summed E-state index contributed by atoms with van der Waals surface area (Å²) in [5.41, 5.74) is 8.17. The normalized spacial score (nSPS) is 13.1. The molecule has 1 aliphatic rings. The van der Waals surface area contributed by atoms with Gasteiger partial charge >= 0.3 is 22.7 Å². The summed E-state index contributed by atoms with van der Waals surface area (Å²) in [6, 6.07) is 4.47. The molecule has 194 valence electrons. The van der Waals surface area contributed by atoms with Gasteiger partial charge in [-0.3, -0.25) is 10.1 Å². The first-order valence-corrected chi connectivity index (χ1v) is 11.3. The molecule has 0 spiro atoms. The molecule has 7 nitrogen and oxygen atoms in total. The number of alkyl halides is 3. The van der Waals surface area contributed by atoms with Crippen LogP contribution in [0.5, 0.6) is 5.75 Å². The maximum Gasteiger partial charge on any atom is 2.00 e. The Labute approximate surface area is 226 Å². The number of nitrogens with zero attached hydrogens (tertiary/aromatic N) is 4. The molecule has 0 saturated heterocycles. The number of halogens is 3. The van der Waals surface area contributed by atoms with E-state index in [4.69, 9.17) is 10.5 Å². The van der Waals surface area contributed by atoms with Crippen molar-refractivity contribution in [3.63, 3.8) is 0 Å². The third-order valence-corrected chi connectivity index (χ3v) is 5.42. The predicted molar refractivity (Wildman–Crippen MR) is 130 cm³/mol. The third-order valence-electron chi connectivity index (χ3n) is 4.87. The Morgan fingerprint density at radius 1 is 1.32 bits per heavy atom. The second-order valence-corrected chi connectivity index (χ2v) is 8.11. The Morgan fingerprint density at radius 3 is 2.62 bits per heavy atom. The van der Waals surface area contributed by atoms with E-state index in [9.17, 15) is 18.0 Å². The number of rotatable bonds is 5. The summed E-state index contributed by atoms with van der Waals surface area (Å²) in [6.07, 6.45) is 3.62. The van der Waals surface area contributed by atoms with Crippen LogP contribution in [0.25, 0.3) is 11.1 Å². The first-order valence-electron chi connectivity index (χ1n) is 10.5. The van der Waals surface area contributed by atoms with Crippen molar-refractivity contribution in [1.82, 2.24) is 15.2 Å². The Hall–Kier alpha value is -3.55. The van der Waals surface area contributed by atoms with E-state index in [1.165, 1.54) is 68.9 Å². The van der Waals surface area contributed by atoms with Gasteiger partial charge in [-0.05, 0) is 42.8 Å². The molecule has 1 fully saturated rings. The zero-order chi connectivity index (χ0) is 26.1. The Kier molecular flexibility index (Phi) is 11.0. The van der Waals surface area contributed by atoms with Crippen LogP contribution in [0.15, 0.2) is 47.7 Å². The van der Waals surface area contributed by atoms with Crippen molar-refractivity contribution >= 4 is 23.3 Å². The van der Waals surface area contributed by atoms with Crippen molar-refractivity contribution in [2.75, 3.05) is 14.2 Å². The van der Waals surface area contributed by atoms with Crippen molar-refractivity contribution in [1.29, 1.82) is 0 Å². The quantitative estimate of drug-likeness (QED) is 0.213. The van der Waals surface area contributed by atoms with Crippen molar-refractivity contribution in [3.8, 4) is 28.7 Å². The van der Waals surface area contributed by atoms with Crippen LogP contribution >= 0.6 is 11.3 Å². The maximum absolute atomic E-state index is 13.1. The van der Waals surface area contributed by atoms with Crippen LogP contribution in [-0.4, -0.2) is 41.3 Å². The molecule has 12 heteroatoms. The van der Waals surface area contributed by atoms with Crippen molar-refractivity contribution in [2.45, 2.75) is 19.0 Å². The van der Waals surface area contributed by atoms with Gasteiger partial charge in [0.1, 0.15) is 5.75 Å². The molecule has 3 aromatic rings. The van der Waals surface area contributed by atoms with Gasteiger partial charge < -0.3 is 31.6 Å². The minimum atomic E-state index is -4.54. The molecule has 0 amide bonds. The number of hydrogen-bond donors (Lipinski definition) is 1.